The van der Waals surface area contributed by atoms with Gasteiger partial charge in [0.1, 0.15) is 12.1 Å². The minimum absolute atomic E-state index is 0.0459. The first-order valence-electron chi connectivity index (χ1n) is 8.81. The van der Waals surface area contributed by atoms with E-state index in [0.29, 0.717) is 16.8 Å². The summed E-state index contributed by atoms with van der Waals surface area (Å²) in [5.41, 5.74) is 3.13. The van der Waals surface area contributed by atoms with Crippen LogP contribution < -0.4 is 10.9 Å². The Morgan fingerprint density at radius 2 is 1.86 bits per heavy atom. The van der Waals surface area contributed by atoms with Crippen LogP contribution >= 0.6 is 0 Å². The third kappa shape index (κ3) is 3.18. The first-order chi connectivity index (χ1) is 13.4. The number of carbonyl (C=O) groups is 2. The average Bonchev–Trinajstić information content (AvgIpc) is 3.03. The van der Waals surface area contributed by atoms with Gasteiger partial charge in [-0.25, -0.2) is 4.68 Å². The molecule has 4 aromatic rings. The molecular weight excluding hydrogens is 356 g/mol. The van der Waals surface area contributed by atoms with E-state index in [1.54, 1.807) is 30.5 Å². The minimum Gasteiger partial charge on any atom is -0.350 e. The van der Waals surface area contributed by atoms with Crippen molar-refractivity contribution in [3.63, 3.8) is 0 Å². The smallest absolute Gasteiger partial charge is 0.291 e. The van der Waals surface area contributed by atoms with Crippen LogP contribution in [0.15, 0.2) is 53.5 Å². The quantitative estimate of drug-likeness (QED) is 0.537. The van der Waals surface area contributed by atoms with Crippen LogP contribution in [0.3, 0.4) is 0 Å². The molecule has 28 heavy (non-hydrogen) atoms. The highest BCUT2D eigenvalue weighted by Crippen LogP contribution is 2.23. The van der Waals surface area contributed by atoms with Crippen LogP contribution in [0.5, 0.6) is 0 Å². The Bertz CT molecular complexity index is 1280. The summed E-state index contributed by atoms with van der Waals surface area (Å²) < 4.78 is 1.13. The number of anilines is 1. The van der Waals surface area contributed by atoms with Gasteiger partial charge in [-0.2, -0.15) is 5.10 Å². The van der Waals surface area contributed by atoms with Crippen molar-refractivity contribution in [2.75, 3.05) is 5.32 Å². The average molecular weight is 374 g/mol. The van der Waals surface area contributed by atoms with E-state index in [2.05, 4.69) is 15.4 Å². The molecule has 4 rings (SSSR count). The van der Waals surface area contributed by atoms with E-state index in [9.17, 15) is 14.4 Å². The number of ketones is 1. The fraction of sp³-hybridized carbons (Fsp3) is 0.143. The summed E-state index contributed by atoms with van der Waals surface area (Å²) >= 11 is 0. The van der Waals surface area contributed by atoms with Crippen molar-refractivity contribution in [3.05, 3.63) is 70.1 Å². The summed E-state index contributed by atoms with van der Waals surface area (Å²) in [6, 6.07) is 12.5. The number of benzene rings is 2. The summed E-state index contributed by atoms with van der Waals surface area (Å²) in [6.45, 7) is 3.25. The van der Waals surface area contributed by atoms with Crippen LogP contribution in [0.1, 0.15) is 22.8 Å². The number of fused-ring (bicyclic) bond motifs is 3. The van der Waals surface area contributed by atoms with Crippen molar-refractivity contribution in [2.24, 2.45) is 0 Å². The molecule has 2 aromatic carbocycles. The Morgan fingerprint density at radius 3 is 2.57 bits per heavy atom. The van der Waals surface area contributed by atoms with Crippen LogP contribution in [0, 0.1) is 6.92 Å². The minimum atomic E-state index is -0.378. The lowest BCUT2D eigenvalue weighted by atomic mass is 10.1. The van der Waals surface area contributed by atoms with Crippen LogP contribution in [-0.4, -0.2) is 26.5 Å². The lowest BCUT2D eigenvalue weighted by Gasteiger charge is -2.07. The SMILES string of the molecule is CC(=O)c1ccc(NC(=O)Cn2ncc3c([nH]c4ccc(C)cc43)c2=O)cc1. The van der Waals surface area contributed by atoms with Crippen LogP contribution in [0.25, 0.3) is 21.8 Å². The van der Waals surface area contributed by atoms with Crippen molar-refractivity contribution in [1.29, 1.82) is 0 Å². The summed E-state index contributed by atoms with van der Waals surface area (Å²) in [4.78, 5) is 39.5. The first-order valence-corrected chi connectivity index (χ1v) is 8.81. The van der Waals surface area contributed by atoms with E-state index in [1.807, 2.05) is 25.1 Å². The van der Waals surface area contributed by atoms with E-state index in [4.69, 9.17) is 0 Å². The van der Waals surface area contributed by atoms with E-state index in [0.717, 1.165) is 26.5 Å². The zero-order valence-electron chi connectivity index (χ0n) is 15.4. The van der Waals surface area contributed by atoms with Crippen molar-refractivity contribution in [2.45, 2.75) is 20.4 Å². The Hall–Kier alpha value is -3.74. The number of hydrogen-bond donors (Lipinski definition) is 2. The monoisotopic (exact) mass is 374 g/mol. The normalized spacial score (nSPS) is 11.1. The number of amides is 1. The molecule has 7 nitrogen and oxygen atoms in total. The maximum atomic E-state index is 12.7. The summed E-state index contributed by atoms with van der Waals surface area (Å²) in [7, 11) is 0. The predicted octanol–water partition coefficient (Wildman–Crippen LogP) is 3.03. The number of aromatic nitrogens is 3. The van der Waals surface area contributed by atoms with Crippen molar-refractivity contribution >= 4 is 39.2 Å². The lowest BCUT2D eigenvalue weighted by molar-refractivity contribution is -0.117. The van der Waals surface area contributed by atoms with Gasteiger partial charge in [-0.3, -0.25) is 14.4 Å². The van der Waals surface area contributed by atoms with Gasteiger partial charge >= 0.3 is 0 Å². The van der Waals surface area contributed by atoms with Gasteiger partial charge in [-0.15, -0.1) is 0 Å². The molecule has 0 spiro atoms. The third-order valence-corrected chi connectivity index (χ3v) is 4.64. The maximum absolute atomic E-state index is 12.7. The Morgan fingerprint density at radius 1 is 1.11 bits per heavy atom. The van der Waals surface area contributed by atoms with E-state index in [1.165, 1.54) is 6.92 Å². The molecule has 0 unspecified atom stereocenters. The van der Waals surface area contributed by atoms with Gasteiger partial charge in [0.2, 0.25) is 5.91 Å². The van der Waals surface area contributed by atoms with Crippen LogP contribution in [-0.2, 0) is 11.3 Å². The number of nitrogens with zero attached hydrogens (tertiary/aromatic N) is 2. The lowest BCUT2D eigenvalue weighted by Crippen LogP contribution is -2.29. The Kier molecular flexibility index (Phi) is 4.27. The van der Waals surface area contributed by atoms with Crippen LogP contribution in [0.2, 0.25) is 0 Å². The van der Waals surface area contributed by atoms with Gasteiger partial charge in [-0.05, 0) is 50.2 Å². The molecule has 0 bridgehead atoms. The molecule has 0 aliphatic rings. The molecule has 2 aromatic heterocycles. The number of hydrogen-bond acceptors (Lipinski definition) is 4. The fourth-order valence-corrected chi connectivity index (χ4v) is 3.18. The molecule has 0 radical (unpaired) electrons. The van der Waals surface area contributed by atoms with E-state index < -0.39 is 0 Å². The second-order valence-corrected chi connectivity index (χ2v) is 6.75. The summed E-state index contributed by atoms with van der Waals surface area (Å²) in [5, 5.41) is 8.53. The number of rotatable bonds is 4. The second-order valence-electron chi connectivity index (χ2n) is 6.75. The predicted molar refractivity (Wildman–Crippen MR) is 108 cm³/mol. The first kappa shape index (κ1) is 17.7. The van der Waals surface area contributed by atoms with Gasteiger partial charge in [0, 0.05) is 27.5 Å². The fourth-order valence-electron chi connectivity index (χ4n) is 3.18. The molecule has 0 aliphatic carbocycles. The number of aromatic amines is 1. The second kappa shape index (κ2) is 6.77. The molecule has 0 fully saturated rings. The molecule has 1 amide bonds. The highest BCUT2D eigenvalue weighted by molar-refractivity contribution is 6.06. The van der Waals surface area contributed by atoms with Crippen molar-refractivity contribution in [3.8, 4) is 0 Å². The molecule has 0 saturated carbocycles. The highest BCUT2D eigenvalue weighted by Gasteiger charge is 2.13. The molecular formula is C21H18N4O3. The third-order valence-electron chi connectivity index (χ3n) is 4.64. The maximum Gasteiger partial charge on any atom is 0.291 e. The molecule has 7 heteroatoms. The summed E-state index contributed by atoms with van der Waals surface area (Å²) in [5.74, 6) is -0.424. The molecule has 0 aliphatic heterocycles. The van der Waals surface area contributed by atoms with Gasteiger partial charge in [0.05, 0.1) is 6.20 Å². The topological polar surface area (TPSA) is 96.8 Å². The zero-order valence-corrected chi connectivity index (χ0v) is 15.4. The standard InChI is InChI=1S/C21H18N4O3/c1-12-3-8-18-16(9-12)17-10-22-25(21(28)20(17)24-18)11-19(27)23-15-6-4-14(5-7-15)13(2)26/h3-10,24H,11H2,1-2H3,(H,23,27). The summed E-state index contributed by atoms with van der Waals surface area (Å²) in [6.07, 6.45) is 1.60. The van der Waals surface area contributed by atoms with E-state index in [-0.39, 0.29) is 23.8 Å². The van der Waals surface area contributed by atoms with Gasteiger partial charge in [-0.1, -0.05) is 11.6 Å². The number of nitrogens with one attached hydrogen (secondary N) is 2. The number of Topliss-reactive ketones (excluding diaryl/α,β-unsaturated/α-hetero) is 1. The molecule has 2 N–H and O–H groups in total. The Labute approximate surface area is 160 Å². The zero-order chi connectivity index (χ0) is 19.8. The molecule has 2 heterocycles. The molecule has 140 valence electrons. The van der Waals surface area contributed by atoms with Gasteiger partial charge in [0.25, 0.3) is 5.56 Å². The highest BCUT2D eigenvalue weighted by atomic mass is 16.2. The number of aryl methyl sites for hydroxylation is 1. The van der Waals surface area contributed by atoms with Crippen molar-refractivity contribution < 1.29 is 9.59 Å². The largest absolute Gasteiger partial charge is 0.350 e. The molecule has 0 saturated heterocycles. The van der Waals surface area contributed by atoms with Gasteiger partial charge < -0.3 is 10.3 Å². The Balaban J connectivity index is 1.59. The number of H-pyrrole nitrogens is 1. The van der Waals surface area contributed by atoms with Gasteiger partial charge in [0.15, 0.2) is 5.78 Å². The van der Waals surface area contributed by atoms with Crippen molar-refractivity contribution in [1.82, 2.24) is 14.8 Å². The van der Waals surface area contributed by atoms with Crippen LogP contribution in [0.4, 0.5) is 5.69 Å². The number of carbonyl (C=O) groups excluding carboxylic acids is 2. The van der Waals surface area contributed by atoms with E-state index >= 15 is 0 Å². The molecule has 0 atom stereocenters.